The molecule has 3 aromatic rings. The van der Waals surface area contributed by atoms with Crippen LogP contribution in [0, 0.1) is 0 Å². The van der Waals surface area contributed by atoms with Gasteiger partial charge in [-0.1, -0.05) is 54.1 Å². The second-order valence-corrected chi connectivity index (χ2v) is 6.25. The molecular formula is C21H20ClN3O. The minimum atomic E-state index is -0.0269. The Morgan fingerprint density at radius 2 is 1.81 bits per heavy atom. The van der Waals surface area contributed by atoms with Gasteiger partial charge in [-0.2, -0.15) is 0 Å². The van der Waals surface area contributed by atoms with Crippen LogP contribution in [0.2, 0.25) is 5.02 Å². The largest absolute Gasteiger partial charge is 0.339 e. The maximum absolute atomic E-state index is 12.9. The van der Waals surface area contributed by atoms with Crippen LogP contribution in [0.5, 0.6) is 0 Å². The number of aromatic nitrogens is 1. The number of halogens is 1. The summed E-state index contributed by atoms with van der Waals surface area (Å²) in [6.07, 6.45) is 1.63. The van der Waals surface area contributed by atoms with E-state index in [4.69, 9.17) is 11.6 Å². The van der Waals surface area contributed by atoms with E-state index >= 15 is 0 Å². The summed E-state index contributed by atoms with van der Waals surface area (Å²) >= 11 is 6.17. The third-order valence-corrected chi connectivity index (χ3v) is 4.36. The highest BCUT2D eigenvalue weighted by atomic mass is 35.5. The first-order valence-corrected chi connectivity index (χ1v) is 8.86. The second-order valence-electron chi connectivity index (χ2n) is 5.84. The lowest BCUT2D eigenvalue weighted by Crippen LogP contribution is -2.30. The first-order chi connectivity index (χ1) is 12.7. The lowest BCUT2D eigenvalue weighted by atomic mass is 10.1. The van der Waals surface area contributed by atoms with E-state index in [1.165, 1.54) is 0 Å². The number of amides is 1. The van der Waals surface area contributed by atoms with Gasteiger partial charge in [-0.15, -0.1) is 0 Å². The van der Waals surface area contributed by atoms with Crippen molar-refractivity contribution < 1.29 is 4.79 Å². The van der Waals surface area contributed by atoms with Crippen LogP contribution in [-0.2, 0) is 6.54 Å². The number of rotatable bonds is 6. The van der Waals surface area contributed by atoms with Gasteiger partial charge < -0.3 is 10.2 Å². The van der Waals surface area contributed by atoms with Gasteiger partial charge in [0.05, 0.1) is 10.7 Å². The van der Waals surface area contributed by atoms with Crippen molar-refractivity contribution in [2.24, 2.45) is 0 Å². The summed E-state index contributed by atoms with van der Waals surface area (Å²) in [7, 11) is 0. The third kappa shape index (κ3) is 4.41. The number of hydrogen-bond donors (Lipinski definition) is 1. The highest BCUT2D eigenvalue weighted by Crippen LogP contribution is 2.24. The molecule has 0 aliphatic rings. The quantitative estimate of drug-likeness (QED) is 0.657. The van der Waals surface area contributed by atoms with E-state index in [0.29, 0.717) is 29.5 Å². The molecule has 5 heteroatoms. The molecule has 0 unspecified atom stereocenters. The molecule has 1 amide bonds. The molecular weight excluding hydrogens is 346 g/mol. The van der Waals surface area contributed by atoms with Crippen molar-refractivity contribution in [1.29, 1.82) is 0 Å². The number of benzene rings is 2. The second kappa shape index (κ2) is 8.50. The topological polar surface area (TPSA) is 45.2 Å². The molecule has 0 radical (unpaired) electrons. The third-order valence-electron chi connectivity index (χ3n) is 4.03. The smallest absolute Gasteiger partial charge is 0.254 e. The predicted octanol–water partition coefficient (Wildman–Crippen LogP) is 5.14. The maximum Gasteiger partial charge on any atom is 0.254 e. The standard InChI is InChI=1S/C21H20ClN3O/c1-2-25(15-16-8-4-3-5-9-16)21(26)17-12-13-23-20(14-17)24-19-11-7-6-10-18(19)22/h3-14H,2,15H2,1H3,(H,23,24). The number of hydrogen-bond acceptors (Lipinski definition) is 3. The molecule has 3 rings (SSSR count). The van der Waals surface area contributed by atoms with Crippen LogP contribution in [0.3, 0.4) is 0 Å². The molecule has 132 valence electrons. The minimum Gasteiger partial charge on any atom is -0.339 e. The molecule has 2 aromatic carbocycles. The Balaban J connectivity index is 1.77. The van der Waals surface area contributed by atoms with Crippen molar-refractivity contribution in [3.05, 3.63) is 89.1 Å². The number of carbonyl (C=O) groups is 1. The molecule has 1 heterocycles. The first kappa shape index (κ1) is 18.0. The highest BCUT2D eigenvalue weighted by Gasteiger charge is 2.15. The van der Waals surface area contributed by atoms with Crippen molar-refractivity contribution in [2.75, 3.05) is 11.9 Å². The van der Waals surface area contributed by atoms with Gasteiger partial charge in [0.1, 0.15) is 5.82 Å². The molecule has 0 atom stereocenters. The zero-order valence-corrected chi connectivity index (χ0v) is 15.3. The maximum atomic E-state index is 12.9. The van der Waals surface area contributed by atoms with Crippen LogP contribution in [0.15, 0.2) is 72.9 Å². The zero-order valence-electron chi connectivity index (χ0n) is 14.5. The minimum absolute atomic E-state index is 0.0269. The van der Waals surface area contributed by atoms with Gasteiger partial charge in [-0.05, 0) is 36.8 Å². The Labute approximate surface area is 158 Å². The van der Waals surface area contributed by atoms with Crippen molar-refractivity contribution in [3.8, 4) is 0 Å². The predicted molar refractivity (Wildman–Crippen MR) is 106 cm³/mol. The fourth-order valence-corrected chi connectivity index (χ4v) is 2.83. The van der Waals surface area contributed by atoms with Gasteiger partial charge in [0.25, 0.3) is 5.91 Å². The lowest BCUT2D eigenvalue weighted by Gasteiger charge is -2.21. The number of pyridine rings is 1. The van der Waals surface area contributed by atoms with E-state index in [2.05, 4.69) is 10.3 Å². The monoisotopic (exact) mass is 365 g/mol. The Morgan fingerprint density at radius 1 is 1.08 bits per heavy atom. The number of carbonyl (C=O) groups excluding carboxylic acids is 1. The van der Waals surface area contributed by atoms with Crippen LogP contribution in [-0.4, -0.2) is 22.3 Å². The van der Waals surface area contributed by atoms with Gasteiger partial charge in [0, 0.05) is 24.8 Å². The van der Waals surface area contributed by atoms with Gasteiger partial charge in [-0.25, -0.2) is 4.98 Å². The molecule has 0 aliphatic heterocycles. The van der Waals surface area contributed by atoms with Gasteiger partial charge >= 0.3 is 0 Å². The van der Waals surface area contributed by atoms with Crippen molar-refractivity contribution in [1.82, 2.24) is 9.88 Å². The summed E-state index contributed by atoms with van der Waals surface area (Å²) in [5, 5.41) is 3.76. The van der Waals surface area contributed by atoms with Crippen LogP contribution in [0.1, 0.15) is 22.8 Å². The van der Waals surface area contributed by atoms with E-state index in [1.807, 2.05) is 60.4 Å². The Morgan fingerprint density at radius 3 is 2.54 bits per heavy atom. The average Bonchev–Trinajstić information content (AvgIpc) is 2.68. The summed E-state index contributed by atoms with van der Waals surface area (Å²) in [6.45, 7) is 3.18. The van der Waals surface area contributed by atoms with Gasteiger partial charge in [0.15, 0.2) is 0 Å². The van der Waals surface area contributed by atoms with Crippen molar-refractivity contribution in [3.63, 3.8) is 0 Å². The molecule has 0 fully saturated rings. The highest BCUT2D eigenvalue weighted by molar-refractivity contribution is 6.33. The number of anilines is 2. The molecule has 26 heavy (non-hydrogen) atoms. The first-order valence-electron chi connectivity index (χ1n) is 8.48. The van der Waals surface area contributed by atoms with E-state index < -0.39 is 0 Å². The zero-order chi connectivity index (χ0) is 18.4. The van der Waals surface area contributed by atoms with Crippen LogP contribution in [0.4, 0.5) is 11.5 Å². The Bertz CT molecular complexity index is 883. The fraction of sp³-hybridized carbons (Fsp3) is 0.143. The van der Waals surface area contributed by atoms with Gasteiger partial charge in [0.2, 0.25) is 0 Å². The SMILES string of the molecule is CCN(Cc1ccccc1)C(=O)c1ccnc(Nc2ccccc2Cl)c1. The molecule has 0 saturated carbocycles. The summed E-state index contributed by atoms with van der Waals surface area (Å²) in [6, 6.07) is 20.9. The molecule has 1 N–H and O–H groups in total. The molecule has 1 aromatic heterocycles. The van der Waals surface area contributed by atoms with E-state index in [1.54, 1.807) is 24.4 Å². The van der Waals surface area contributed by atoms with Crippen molar-refractivity contribution in [2.45, 2.75) is 13.5 Å². The van der Waals surface area contributed by atoms with Crippen LogP contribution in [0.25, 0.3) is 0 Å². The number of para-hydroxylation sites is 1. The molecule has 0 saturated heterocycles. The summed E-state index contributed by atoms with van der Waals surface area (Å²) < 4.78 is 0. The van der Waals surface area contributed by atoms with Gasteiger partial charge in [-0.3, -0.25) is 4.79 Å². The van der Waals surface area contributed by atoms with Crippen LogP contribution < -0.4 is 5.32 Å². The molecule has 0 spiro atoms. The van der Waals surface area contributed by atoms with Crippen LogP contribution >= 0.6 is 11.6 Å². The fourth-order valence-electron chi connectivity index (χ4n) is 2.65. The number of nitrogens with zero attached hydrogens (tertiary/aromatic N) is 2. The summed E-state index contributed by atoms with van der Waals surface area (Å²) in [5.41, 5.74) is 2.45. The molecule has 4 nitrogen and oxygen atoms in total. The van der Waals surface area contributed by atoms with E-state index in [9.17, 15) is 4.79 Å². The lowest BCUT2D eigenvalue weighted by molar-refractivity contribution is 0.0752. The summed E-state index contributed by atoms with van der Waals surface area (Å²) in [5.74, 6) is 0.556. The molecule has 0 bridgehead atoms. The van der Waals surface area contributed by atoms with E-state index in [0.717, 1.165) is 11.3 Å². The Kier molecular flexibility index (Phi) is 5.87. The number of nitrogens with one attached hydrogen (secondary N) is 1. The normalized spacial score (nSPS) is 10.4. The average molecular weight is 366 g/mol. The van der Waals surface area contributed by atoms with E-state index in [-0.39, 0.29) is 5.91 Å². The summed E-state index contributed by atoms with van der Waals surface area (Å²) in [4.78, 5) is 19.0. The van der Waals surface area contributed by atoms with Crippen molar-refractivity contribution >= 4 is 29.0 Å². The molecule has 0 aliphatic carbocycles. The Hall–Kier alpha value is -2.85.